The fourth-order valence-electron chi connectivity index (χ4n) is 0.742. The summed E-state index contributed by atoms with van der Waals surface area (Å²) in [6.45, 7) is 2.77. The normalized spacial score (nSPS) is 31.6. The maximum absolute atomic E-state index is 10.5. The average Bonchev–Trinajstić information content (AvgIpc) is 1.91. The van der Waals surface area contributed by atoms with Crippen molar-refractivity contribution in [1.82, 2.24) is 5.32 Å². The molecule has 0 radical (unpaired) electrons. The molecular formula is C5H9NO. The zero-order chi connectivity index (χ0) is 5.28. The first-order valence-electron chi connectivity index (χ1n) is 2.57. The molecule has 0 aliphatic carbocycles. The van der Waals surface area contributed by atoms with E-state index in [0.29, 0.717) is 5.78 Å². The summed E-state index contributed by atoms with van der Waals surface area (Å²) in [7, 11) is 0. The SMILES string of the molecule is C[C@H]1NCCC1=O. The van der Waals surface area contributed by atoms with E-state index in [1.807, 2.05) is 6.92 Å². The summed E-state index contributed by atoms with van der Waals surface area (Å²) < 4.78 is 0. The minimum Gasteiger partial charge on any atom is -0.307 e. The Morgan fingerprint density at radius 2 is 2.57 bits per heavy atom. The highest BCUT2D eigenvalue weighted by Crippen LogP contribution is 1.96. The lowest BCUT2D eigenvalue weighted by molar-refractivity contribution is -0.118. The Bertz CT molecular complexity index is 90.1. The Labute approximate surface area is 42.9 Å². The van der Waals surface area contributed by atoms with E-state index in [0.717, 1.165) is 13.0 Å². The minimum atomic E-state index is 0.125. The highest BCUT2D eigenvalue weighted by molar-refractivity contribution is 5.85. The molecule has 1 aliphatic rings. The van der Waals surface area contributed by atoms with Gasteiger partial charge in [-0.2, -0.15) is 0 Å². The molecule has 2 nitrogen and oxygen atoms in total. The van der Waals surface area contributed by atoms with Gasteiger partial charge in [0.15, 0.2) is 5.78 Å². The highest BCUT2D eigenvalue weighted by Gasteiger charge is 2.17. The van der Waals surface area contributed by atoms with Crippen LogP contribution in [0.4, 0.5) is 0 Å². The second-order valence-corrected chi connectivity index (χ2v) is 1.89. The van der Waals surface area contributed by atoms with E-state index < -0.39 is 0 Å². The van der Waals surface area contributed by atoms with Crippen LogP contribution >= 0.6 is 0 Å². The van der Waals surface area contributed by atoms with Gasteiger partial charge in [-0.1, -0.05) is 0 Å². The van der Waals surface area contributed by atoms with Gasteiger partial charge in [-0.3, -0.25) is 4.79 Å². The second kappa shape index (κ2) is 1.62. The van der Waals surface area contributed by atoms with Gasteiger partial charge in [-0.25, -0.2) is 0 Å². The lowest BCUT2D eigenvalue weighted by Gasteiger charge is -1.94. The van der Waals surface area contributed by atoms with Gasteiger partial charge in [-0.15, -0.1) is 0 Å². The molecule has 1 rings (SSSR count). The molecule has 0 aromatic rings. The first kappa shape index (κ1) is 4.78. The van der Waals surface area contributed by atoms with Crippen molar-refractivity contribution in [3.8, 4) is 0 Å². The molecule has 0 amide bonds. The van der Waals surface area contributed by atoms with E-state index in [1.165, 1.54) is 0 Å². The minimum absolute atomic E-state index is 0.125. The van der Waals surface area contributed by atoms with Crippen LogP contribution in [0, 0.1) is 0 Å². The van der Waals surface area contributed by atoms with Gasteiger partial charge < -0.3 is 5.32 Å². The zero-order valence-corrected chi connectivity index (χ0v) is 4.40. The van der Waals surface area contributed by atoms with Crippen molar-refractivity contribution in [3.63, 3.8) is 0 Å². The predicted molar refractivity (Wildman–Crippen MR) is 27.1 cm³/mol. The van der Waals surface area contributed by atoms with Gasteiger partial charge in [-0.05, 0) is 6.92 Å². The van der Waals surface area contributed by atoms with Crippen molar-refractivity contribution in [3.05, 3.63) is 0 Å². The summed E-state index contributed by atoms with van der Waals surface area (Å²) in [5.74, 6) is 0.347. The number of carbonyl (C=O) groups excluding carboxylic acids is 1. The summed E-state index contributed by atoms with van der Waals surface area (Å²) >= 11 is 0. The third kappa shape index (κ3) is 0.800. The molecule has 1 saturated heterocycles. The topological polar surface area (TPSA) is 29.1 Å². The van der Waals surface area contributed by atoms with Crippen LogP contribution in [0.5, 0.6) is 0 Å². The molecule has 7 heavy (non-hydrogen) atoms. The van der Waals surface area contributed by atoms with Crippen LogP contribution in [-0.4, -0.2) is 18.4 Å². The molecular weight excluding hydrogens is 90.1 g/mol. The summed E-state index contributed by atoms with van der Waals surface area (Å²) in [5, 5.41) is 3.02. The van der Waals surface area contributed by atoms with E-state index >= 15 is 0 Å². The van der Waals surface area contributed by atoms with E-state index in [1.54, 1.807) is 0 Å². The van der Waals surface area contributed by atoms with Crippen molar-refractivity contribution in [1.29, 1.82) is 0 Å². The molecule has 1 N–H and O–H groups in total. The molecule has 0 unspecified atom stereocenters. The number of rotatable bonds is 0. The quantitative estimate of drug-likeness (QED) is 0.461. The molecule has 1 heterocycles. The summed E-state index contributed by atoms with van der Waals surface area (Å²) in [4.78, 5) is 10.5. The van der Waals surface area contributed by atoms with Crippen LogP contribution in [0.15, 0.2) is 0 Å². The number of nitrogens with one attached hydrogen (secondary N) is 1. The van der Waals surface area contributed by atoms with Crippen LogP contribution in [0.3, 0.4) is 0 Å². The van der Waals surface area contributed by atoms with Gasteiger partial charge in [0.1, 0.15) is 0 Å². The first-order valence-corrected chi connectivity index (χ1v) is 2.57. The first-order chi connectivity index (χ1) is 3.30. The zero-order valence-electron chi connectivity index (χ0n) is 4.40. The van der Waals surface area contributed by atoms with Gasteiger partial charge >= 0.3 is 0 Å². The van der Waals surface area contributed by atoms with Crippen molar-refractivity contribution in [2.75, 3.05) is 6.54 Å². The van der Waals surface area contributed by atoms with Crippen LogP contribution in [0.25, 0.3) is 0 Å². The summed E-state index contributed by atoms with van der Waals surface area (Å²) in [5.41, 5.74) is 0. The standard InChI is InChI=1S/C5H9NO/c1-4-5(7)2-3-6-4/h4,6H,2-3H2,1H3/t4-/m1/s1. The fraction of sp³-hybridized carbons (Fsp3) is 0.800. The smallest absolute Gasteiger partial charge is 0.150 e. The van der Waals surface area contributed by atoms with E-state index in [2.05, 4.69) is 5.32 Å². The maximum atomic E-state index is 10.5. The Hall–Kier alpha value is -0.370. The fourth-order valence-corrected chi connectivity index (χ4v) is 0.742. The van der Waals surface area contributed by atoms with Gasteiger partial charge in [0.2, 0.25) is 0 Å². The Morgan fingerprint density at radius 1 is 1.86 bits per heavy atom. The molecule has 1 atom stereocenters. The van der Waals surface area contributed by atoms with Gasteiger partial charge in [0, 0.05) is 13.0 Å². The molecule has 0 aromatic carbocycles. The number of Topliss-reactive ketones (excluding diaryl/α,β-unsaturated/α-hetero) is 1. The number of ketones is 1. The van der Waals surface area contributed by atoms with Crippen molar-refractivity contribution in [2.45, 2.75) is 19.4 Å². The van der Waals surface area contributed by atoms with E-state index in [-0.39, 0.29) is 6.04 Å². The van der Waals surface area contributed by atoms with Crippen molar-refractivity contribution < 1.29 is 4.79 Å². The molecule has 40 valence electrons. The third-order valence-electron chi connectivity index (χ3n) is 1.30. The molecule has 1 aliphatic heterocycles. The van der Waals surface area contributed by atoms with E-state index in [4.69, 9.17) is 0 Å². The maximum Gasteiger partial charge on any atom is 0.150 e. The molecule has 0 saturated carbocycles. The Balaban J connectivity index is 2.48. The number of carbonyl (C=O) groups is 1. The highest BCUT2D eigenvalue weighted by atomic mass is 16.1. The van der Waals surface area contributed by atoms with E-state index in [9.17, 15) is 4.79 Å². The van der Waals surface area contributed by atoms with Gasteiger partial charge in [0.05, 0.1) is 6.04 Å². The Morgan fingerprint density at radius 3 is 2.71 bits per heavy atom. The van der Waals surface area contributed by atoms with Crippen LogP contribution < -0.4 is 5.32 Å². The van der Waals surface area contributed by atoms with Crippen LogP contribution in [0.1, 0.15) is 13.3 Å². The summed E-state index contributed by atoms with van der Waals surface area (Å²) in [6.07, 6.45) is 0.723. The third-order valence-corrected chi connectivity index (χ3v) is 1.30. The molecule has 1 fully saturated rings. The van der Waals surface area contributed by atoms with Crippen molar-refractivity contribution >= 4 is 5.78 Å². The average molecular weight is 99.1 g/mol. The Kier molecular flexibility index (Phi) is 1.11. The monoisotopic (exact) mass is 99.1 g/mol. The van der Waals surface area contributed by atoms with Crippen molar-refractivity contribution in [2.24, 2.45) is 0 Å². The molecule has 0 spiro atoms. The summed E-state index contributed by atoms with van der Waals surface area (Å²) in [6, 6.07) is 0.125. The van der Waals surface area contributed by atoms with Crippen LogP contribution in [-0.2, 0) is 4.79 Å². The lowest BCUT2D eigenvalue weighted by Crippen LogP contribution is -2.22. The molecule has 0 aromatic heterocycles. The largest absolute Gasteiger partial charge is 0.307 e. The number of hydrogen-bond donors (Lipinski definition) is 1. The second-order valence-electron chi connectivity index (χ2n) is 1.89. The molecule has 0 bridgehead atoms. The lowest BCUT2D eigenvalue weighted by atomic mass is 10.2. The van der Waals surface area contributed by atoms with Crippen LogP contribution in [0.2, 0.25) is 0 Å². The predicted octanol–water partition coefficient (Wildman–Crippen LogP) is -0.0627. The number of hydrogen-bond acceptors (Lipinski definition) is 2. The van der Waals surface area contributed by atoms with Gasteiger partial charge in [0.25, 0.3) is 0 Å². The molecule has 2 heteroatoms.